The van der Waals surface area contributed by atoms with Crippen LogP contribution in [0.3, 0.4) is 0 Å². The zero-order valence-corrected chi connectivity index (χ0v) is 12.7. The highest BCUT2D eigenvalue weighted by atomic mass is 31.1. The Hall–Kier alpha value is -1.13. The van der Waals surface area contributed by atoms with Gasteiger partial charge in [-0.2, -0.15) is 0 Å². The first-order valence-corrected chi connectivity index (χ1v) is 9.22. The van der Waals surface area contributed by atoms with Crippen LogP contribution in [0.2, 0.25) is 0 Å². The van der Waals surface area contributed by atoms with Gasteiger partial charge in [-0.3, -0.25) is 0 Å². The van der Waals surface area contributed by atoms with E-state index in [1.54, 1.807) is 10.6 Å². The van der Waals surface area contributed by atoms with Crippen LogP contribution < -0.4 is 10.6 Å². The summed E-state index contributed by atoms with van der Waals surface area (Å²) in [5.41, 5.74) is 0.925. The molecule has 0 amide bonds. The van der Waals surface area contributed by atoms with E-state index in [0.29, 0.717) is 0 Å². The van der Waals surface area contributed by atoms with Crippen molar-refractivity contribution in [2.75, 3.05) is 0 Å². The third-order valence-electron chi connectivity index (χ3n) is 5.10. The molecular formula is C19H21P. The third-order valence-corrected chi connectivity index (χ3v) is 8.11. The lowest BCUT2D eigenvalue weighted by atomic mass is 10.0. The number of benzene rings is 2. The average Bonchev–Trinajstić information content (AvgIpc) is 3.13. The van der Waals surface area contributed by atoms with Gasteiger partial charge in [0, 0.05) is 0 Å². The first kappa shape index (κ1) is 12.6. The first-order valence-electron chi connectivity index (χ1n) is 7.81. The monoisotopic (exact) mass is 280 g/mol. The van der Waals surface area contributed by atoms with E-state index in [4.69, 9.17) is 0 Å². The second-order valence-corrected chi connectivity index (χ2v) is 8.72. The Kier molecular flexibility index (Phi) is 3.36. The molecule has 2 aliphatic carbocycles. The van der Waals surface area contributed by atoms with Crippen LogP contribution in [-0.4, -0.2) is 5.66 Å². The van der Waals surface area contributed by atoms with Gasteiger partial charge in [0.2, 0.25) is 0 Å². The van der Waals surface area contributed by atoms with Crippen molar-refractivity contribution >= 4 is 18.5 Å². The van der Waals surface area contributed by atoms with Gasteiger partial charge in [-0.1, -0.05) is 67.1 Å². The summed E-state index contributed by atoms with van der Waals surface area (Å²) in [5.74, 6) is 2.02. The predicted octanol–water partition coefficient (Wildman–Crippen LogP) is 4.31. The van der Waals surface area contributed by atoms with E-state index in [9.17, 15) is 0 Å². The summed E-state index contributed by atoms with van der Waals surface area (Å²) in [4.78, 5) is 0. The Bertz CT molecular complexity index is 523. The molecule has 1 heteroatoms. The van der Waals surface area contributed by atoms with Crippen molar-refractivity contribution in [2.45, 2.75) is 31.3 Å². The normalized spacial score (nSPS) is 28.1. The van der Waals surface area contributed by atoms with Crippen LogP contribution >= 0.6 is 7.92 Å². The second kappa shape index (κ2) is 5.34. The minimum atomic E-state index is -0.167. The van der Waals surface area contributed by atoms with Gasteiger partial charge < -0.3 is 0 Å². The predicted molar refractivity (Wildman–Crippen MR) is 88.3 cm³/mol. The summed E-state index contributed by atoms with van der Waals surface area (Å²) >= 11 is 0. The molecule has 20 heavy (non-hydrogen) atoms. The molecule has 0 radical (unpaired) electrons. The Morgan fingerprint density at radius 3 is 1.75 bits per heavy atom. The molecule has 2 aromatic rings. The van der Waals surface area contributed by atoms with Crippen molar-refractivity contribution in [3.63, 3.8) is 0 Å². The molecule has 2 fully saturated rings. The second-order valence-electron chi connectivity index (χ2n) is 6.28. The topological polar surface area (TPSA) is 0 Å². The molecule has 0 saturated heterocycles. The fraction of sp³-hybridized carbons (Fsp3) is 0.368. The lowest BCUT2D eigenvalue weighted by Crippen LogP contribution is -2.25. The zero-order chi connectivity index (χ0) is 13.4. The Labute approximate surface area is 123 Å². The number of fused-ring (bicyclic) bond motifs is 2. The highest BCUT2D eigenvalue weighted by Crippen LogP contribution is 2.57. The molecular weight excluding hydrogens is 259 g/mol. The van der Waals surface area contributed by atoms with E-state index < -0.39 is 0 Å². The summed E-state index contributed by atoms with van der Waals surface area (Å²) in [6, 6.07) is 22.5. The van der Waals surface area contributed by atoms with Crippen molar-refractivity contribution in [1.82, 2.24) is 0 Å². The van der Waals surface area contributed by atoms with Crippen LogP contribution in [0.1, 0.15) is 25.7 Å². The number of hydrogen-bond acceptors (Lipinski definition) is 0. The van der Waals surface area contributed by atoms with Crippen LogP contribution in [0, 0.1) is 11.8 Å². The fourth-order valence-electron chi connectivity index (χ4n) is 4.24. The van der Waals surface area contributed by atoms with Crippen LogP contribution in [0.4, 0.5) is 0 Å². The molecule has 2 aliphatic rings. The standard InChI is InChI=1S/C19H21P/c1-3-7-17(8-4-1)20(18-9-5-2-6-10-18)19-14-15-11-12-16(19)13-15/h1-10,15-16,19H,11-14H2/t15-,16-,19-/m1/s1. The average molecular weight is 280 g/mol. The molecule has 3 atom stereocenters. The molecule has 0 nitrogen and oxygen atoms in total. The molecule has 0 aromatic heterocycles. The zero-order valence-electron chi connectivity index (χ0n) is 11.8. The van der Waals surface area contributed by atoms with Crippen LogP contribution in [-0.2, 0) is 0 Å². The summed E-state index contributed by atoms with van der Waals surface area (Å²) in [7, 11) is -0.167. The van der Waals surface area contributed by atoms with E-state index in [1.807, 2.05) is 0 Å². The van der Waals surface area contributed by atoms with Crippen molar-refractivity contribution in [3.05, 3.63) is 60.7 Å². The maximum absolute atomic E-state index is 2.35. The van der Waals surface area contributed by atoms with Crippen molar-refractivity contribution in [1.29, 1.82) is 0 Å². The molecule has 0 aliphatic heterocycles. The van der Waals surface area contributed by atoms with E-state index >= 15 is 0 Å². The van der Waals surface area contributed by atoms with E-state index in [-0.39, 0.29) is 7.92 Å². The van der Waals surface area contributed by atoms with Gasteiger partial charge in [-0.25, -0.2) is 0 Å². The molecule has 102 valence electrons. The van der Waals surface area contributed by atoms with Gasteiger partial charge in [0.15, 0.2) is 0 Å². The Morgan fingerprint density at radius 1 is 0.700 bits per heavy atom. The molecule has 0 heterocycles. The Balaban J connectivity index is 1.74. The van der Waals surface area contributed by atoms with Crippen molar-refractivity contribution < 1.29 is 0 Å². The molecule has 2 bridgehead atoms. The summed E-state index contributed by atoms with van der Waals surface area (Å²) in [6.45, 7) is 0. The third kappa shape index (κ3) is 2.21. The van der Waals surface area contributed by atoms with Gasteiger partial charge in [0.05, 0.1) is 0 Å². The van der Waals surface area contributed by atoms with Crippen molar-refractivity contribution in [3.8, 4) is 0 Å². The number of rotatable bonds is 3. The fourth-order valence-corrected chi connectivity index (χ4v) is 7.49. The Morgan fingerprint density at radius 2 is 1.30 bits per heavy atom. The largest absolute Gasteiger partial charge is 0.0622 e. The lowest BCUT2D eigenvalue weighted by Gasteiger charge is -2.31. The molecule has 0 spiro atoms. The minimum absolute atomic E-state index is 0.167. The van der Waals surface area contributed by atoms with Crippen LogP contribution in [0.5, 0.6) is 0 Å². The molecule has 2 saturated carbocycles. The van der Waals surface area contributed by atoms with Gasteiger partial charge in [-0.05, 0) is 55.3 Å². The SMILES string of the molecule is c1ccc(P(c2ccccc2)[C@@H]2C[C@@H]3CC[C@@H]2C3)cc1. The van der Waals surface area contributed by atoms with Crippen LogP contribution in [0.25, 0.3) is 0 Å². The summed E-state index contributed by atoms with van der Waals surface area (Å²) in [5, 5.41) is 3.15. The van der Waals surface area contributed by atoms with Crippen molar-refractivity contribution in [2.24, 2.45) is 11.8 Å². The molecule has 0 N–H and O–H groups in total. The smallest absolute Gasteiger partial charge is 0.00977 e. The lowest BCUT2D eigenvalue weighted by molar-refractivity contribution is 0.489. The number of hydrogen-bond donors (Lipinski definition) is 0. The highest BCUT2D eigenvalue weighted by Gasteiger charge is 2.43. The van der Waals surface area contributed by atoms with Crippen LogP contribution in [0.15, 0.2) is 60.7 Å². The quantitative estimate of drug-likeness (QED) is 0.735. The van der Waals surface area contributed by atoms with E-state index in [2.05, 4.69) is 60.7 Å². The highest BCUT2D eigenvalue weighted by molar-refractivity contribution is 7.73. The van der Waals surface area contributed by atoms with Gasteiger partial charge in [-0.15, -0.1) is 0 Å². The van der Waals surface area contributed by atoms with Gasteiger partial charge in [0.1, 0.15) is 0 Å². The van der Waals surface area contributed by atoms with Gasteiger partial charge in [0.25, 0.3) is 0 Å². The molecule has 0 unspecified atom stereocenters. The van der Waals surface area contributed by atoms with E-state index in [1.165, 1.54) is 25.7 Å². The minimum Gasteiger partial charge on any atom is -0.0622 e. The first-order chi connectivity index (χ1) is 9.92. The molecule has 2 aromatic carbocycles. The maximum Gasteiger partial charge on any atom is -0.00977 e. The maximum atomic E-state index is 2.35. The van der Waals surface area contributed by atoms with Gasteiger partial charge >= 0.3 is 0 Å². The summed E-state index contributed by atoms with van der Waals surface area (Å²) in [6.07, 6.45) is 5.95. The molecule has 4 rings (SSSR count). The summed E-state index contributed by atoms with van der Waals surface area (Å²) < 4.78 is 0. The van der Waals surface area contributed by atoms with E-state index in [0.717, 1.165) is 17.5 Å².